The third kappa shape index (κ3) is 2.32. The van der Waals surface area contributed by atoms with Crippen molar-refractivity contribution < 1.29 is 0 Å². The minimum absolute atomic E-state index is 0.567. The summed E-state index contributed by atoms with van der Waals surface area (Å²) in [6.45, 7) is 3.28. The van der Waals surface area contributed by atoms with E-state index in [-0.39, 0.29) is 0 Å². The Morgan fingerprint density at radius 2 is 1.50 bits per heavy atom. The third-order valence-electron chi connectivity index (χ3n) is 3.76. The van der Waals surface area contributed by atoms with E-state index in [9.17, 15) is 0 Å². The molecule has 0 amide bonds. The Hall–Kier alpha value is -1.60. The summed E-state index contributed by atoms with van der Waals surface area (Å²) in [7, 11) is 0. The summed E-state index contributed by atoms with van der Waals surface area (Å²) >= 11 is 0. The summed E-state index contributed by atoms with van der Waals surface area (Å²) in [5, 5.41) is 3.54. The molecule has 1 fully saturated rings. The van der Waals surface area contributed by atoms with Gasteiger partial charge in [-0.05, 0) is 43.0 Å². The molecular weight excluding hydrogens is 218 g/mol. The van der Waals surface area contributed by atoms with Gasteiger partial charge in [-0.1, -0.05) is 54.1 Å². The van der Waals surface area contributed by atoms with Crippen LogP contribution in [0.25, 0.3) is 11.1 Å². The van der Waals surface area contributed by atoms with Crippen LogP contribution in [0.1, 0.15) is 30.0 Å². The van der Waals surface area contributed by atoms with Gasteiger partial charge in [0, 0.05) is 6.04 Å². The Balaban J connectivity index is 1.84. The first-order chi connectivity index (χ1) is 8.83. The molecule has 1 heteroatoms. The predicted molar refractivity (Wildman–Crippen MR) is 76.6 cm³/mol. The van der Waals surface area contributed by atoms with Crippen LogP contribution in [0.15, 0.2) is 48.5 Å². The number of nitrogens with one attached hydrogen (secondary N) is 1. The number of aryl methyl sites for hydroxylation is 1. The Bertz CT molecular complexity index is 504. The lowest BCUT2D eigenvalue weighted by molar-refractivity contribution is 0.648. The highest BCUT2D eigenvalue weighted by Gasteiger charge is 2.15. The van der Waals surface area contributed by atoms with E-state index in [0.717, 1.165) is 6.54 Å². The molecule has 18 heavy (non-hydrogen) atoms. The minimum atomic E-state index is 0.567. The Morgan fingerprint density at radius 3 is 2.06 bits per heavy atom. The van der Waals surface area contributed by atoms with Gasteiger partial charge in [0.1, 0.15) is 0 Å². The van der Waals surface area contributed by atoms with Crippen LogP contribution in [0.5, 0.6) is 0 Å². The van der Waals surface area contributed by atoms with Crippen LogP contribution in [-0.4, -0.2) is 6.54 Å². The average molecular weight is 237 g/mol. The van der Waals surface area contributed by atoms with Crippen molar-refractivity contribution in [1.82, 2.24) is 5.32 Å². The van der Waals surface area contributed by atoms with Crippen molar-refractivity contribution in [3.05, 3.63) is 59.7 Å². The average Bonchev–Trinajstić information content (AvgIpc) is 2.94. The predicted octanol–water partition coefficient (Wildman–Crippen LogP) is 4.09. The largest absolute Gasteiger partial charge is 0.310 e. The Kier molecular flexibility index (Phi) is 3.16. The number of hydrogen-bond donors (Lipinski definition) is 1. The molecule has 2 aromatic rings. The quantitative estimate of drug-likeness (QED) is 0.829. The molecule has 0 bridgehead atoms. The van der Waals surface area contributed by atoms with Crippen molar-refractivity contribution in [2.75, 3.05) is 6.54 Å². The van der Waals surface area contributed by atoms with Crippen molar-refractivity contribution in [3.63, 3.8) is 0 Å². The fourth-order valence-electron chi connectivity index (χ4n) is 2.62. The van der Waals surface area contributed by atoms with Crippen molar-refractivity contribution in [2.24, 2.45) is 0 Å². The molecule has 1 saturated heterocycles. The maximum Gasteiger partial charge on any atom is 0.0320 e. The lowest BCUT2D eigenvalue weighted by Gasteiger charge is -2.11. The van der Waals surface area contributed by atoms with E-state index in [4.69, 9.17) is 0 Å². The van der Waals surface area contributed by atoms with Crippen molar-refractivity contribution in [2.45, 2.75) is 25.8 Å². The lowest BCUT2D eigenvalue weighted by atomic mass is 9.99. The van der Waals surface area contributed by atoms with E-state index < -0.39 is 0 Å². The fraction of sp³-hybridized carbons (Fsp3) is 0.294. The maximum absolute atomic E-state index is 3.54. The van der Waals surface area contributed by atoms with Gasteiger partial charge >= 0.3 is 0 Å². The molecule has 0 spiro atoms. The van der Waals surface area contributed by atoms with Gasteiger partial charge in [-0.3, -0.25) is 0 Å². The highest BCUT2D eigenvalue weighted by molar-refractivity contribution is 5.64. The highest BCUT2D eigenvalue weighted by atomic mass is 14.9. The van der Waals surface area contributed by atoms with Crippen LogP contribution in [-0.2, 0) is 0 Å². The van der Waals surface area contributed by atoms with E-state index in [1.165, 1.54) is 35.1 Å². The van der Waals surface area contributed by atoms with Gasteiger partial charge in [-0.2, -0.15) is 0 Å². The first-order valence-corrected chi connectivity index (χ1v) is 6.73. The zero-order valence-corrected chi connectivity index (χ0v) is 10.8. The van der Waals surface area contributed by atoms with Gasteiger partial charge in [0.2, 0.25) is 0 Å². The summed E-state index contributed by atoms with van der Waals surface area (Å²) < 4.78 is 0. The zero-order valence-electron chi connectivity index (χ0n) is 10.8. The second kappa shape index (κ2) is 4.95. The first kappa shape index (κ1) is 11.5. The van der Waals surface area contributed by atoms with Crippen molar-refractivity contribution in [1.29, 1.82) is 0 Å². The fourth-order valence-corrected chi connectivity index (χ4v) is 2.62. The van der Waals surface area contributed by atoms with Crippen LogP contribution in [0.4, 0.5) is 0 Å². The standard InChI is InChI=1S/C17H19N/c1-13-4-6-14(7-5-13)15-8-10-16(11-9-15)17-3-2-12-18-17/h4-11,17-18H,2-3,12H2,1H3/t17-/m1/s1. The number of benzene rings is 2. The number of rotatable bonds is 2. The molecule has 0 aromatic heterocycles. The molecule has 2 aromatic carbocycles. The second-order valence-corrected chi connectivity index (χ2v) is 5.14. The number of hydrogen-bond acceptors (Lipinski definition) is 1. The monoisotopic (exact) mass is 237 g/mol. The topological polar surface area (TPSA) is 12.0 Å². The van der Waals surface area contributed by atoms with Gasteiger partial charge in [0.25, 0.3) is 0 Å². The normalized spacial score (nSPS) is 19.1. The van der Waals surface area contributed by atoms with Gasteiger partial charge in [0.05, 0.1) is 0 Å². The van der Waals surface area contributed by atoms with Crippen LogP contribution in [0.2, 0.25) is 0 Å². The molecule has 0 aliphatic carbocycles. The summed E-state index contributed by atoms with van der Waals surface area (Å²) in [5.74, 6) is 0. The molecule has 1 atom stereocenters. The van der Waals surface area contributed by atoms with Gasteiger partial charge in [-0.15, -0.1) is 0 Å². The zero-order chi connectivity index (χ0) is 12.4. The molecule has 1 aliphatic rings. The molecule has 1 N–H and O–H groups in total. The van der Waals surface area contributed by atoms with E-state index >= 15 is 0 Å². The smallest absolute Gasteiger partial charge is 0.0320 e. The summed E-state index contributed by atoms with van der Waals surface area (Å²) in [6, 6.07) is 18.3. The van der Waals surface area contributed by atoms with Crippen LogP contribution in [0, 0.1) is 6.92 Å². The third-order valence-corrected chi connectivity index (χ3v) is 3.76. The molecule has 92 valence electrons. The lowest BCUT2D eigenvalue weighted by Crippen LogP contribution is -2.12. The molecule has 3 rings (SSSR count). The van der Waals surface area contributed by atoms with Gasteiger partial charge < -0.3 is 5.32 Å². The summed E-state index contributed by atoms with van der Waals surface area (Å²) in [5.41, 5.74) is 5.33. The van der Waals surface area contributed by atoms with Crippen molar-refractivity contribution in [3.8, 4) is 11.1 Å². The van der Waals surface area contributed by atoms with Crippen molar-refractivity contribution >= 4 is 0 Å². The van der Waals surface area contributed by atoms with E-state index in [2.05, 4.69) is 60.8 Å². The van der Waals surface area contributed by atoms with Crippen LogP contribution < -0.4 is 5.32 Å². The van der Waals surface area contributed by atoms with Gasteiger partial charge in [-0.25, -0.2) is 0 Å². The molecule has 0 unspecified atom stereocenters. The molecule has 0 saturated carbocycles. The van der Waals surface area contributed by atoms with E-state index in [1.807, 2.05) is 0 Å². The van der Waals surface area contributed by atoms with Gasteiger partial charge in [0.15, 0.2) is 0 Å². The Morgan fingerprint density at radius 1 is 0.889 bits per heavy atom. The van der Waals surface area contributed by atoms with Crippen LogP contribution >= 0.6 is 0 Å². The molecule has 0 radical (unpaired) electrons. The maximum atomic E-state index is 3.54. The SMILES string of the molecule is Cc1ccc(-c2ccc([C@H]3CCCN3)cc2)cc1. The first-order valence-electron chi connectivity index (χ1n) is 6.73. The molecule has 1 heterocycles. The van der Waals surface area contributed by atoms with E-state index in [0.29, 0.717) is 6.04 Å². The molecular formula is C17H19N. The minimum Gasteiger partial charge on any atom is -0.310 e. The van der Waals surface area contributed by atoms with Crippen LogP contribution in [0.3, 0.4) is 0 Å². The summed E-state index contributed by atoms with van der Waals surface area (Å²) in [6.07, 6.45) is 2.56. The van der Waals surface area contributed by atoms with E-state index in [1.54, 1.807) is 0 Å². The Labute approximate surface area is 109 Å². The molecule has 1 nitrogen and oxygen atoms in total. The highest BCUT2D eigenvalue weighted by Crippen LogP contribution is 2.26. The molecule has 1 aliphatic heterocycles. The summed E-state index contributed by atoms with van der Waals surface area (Å²) in [4.78, 5) is 0. The second-order valence-electron chi connectivity index (χ2n) is 5.14.